The molecule has 0 fully saturated rings. The number of nitrogens with zero attached hydrogens (tertiary/aromatic N) is 1. The predicted octanol–water partition coefficient (Wildman–Crippen LogP) is 30.2. The van der Waals surface area contributed by atoms with Gasteiger partial charge in [0, 0.05) is 17.3 Å². The van der Waals surface area contributed by atoms with Crippen molar-refractivity contribution in [3.05, 3.63) is 42.6 Å². The van der Waals surface area contributed by atoms with Crippen molar-refractivity contribution in [2.45, 2.75) is 427 Å². The molecule has 554 valence electrons. The zero-order chi connectivity index (χ0) is 68.3. The molecule has 0 aliphatic carbocycles. The van der Waals surface area contributed by atoms with Gasteiger partial charge in [-0.1, -0.05) is 394 Å². The van der Waals surface area contributed by atoms with Crippen LogP contribution in [0.25, 0.3) is 22.4 Å². The van der Waals surface area contributed by atoms with Gasteiger partial charge >= 0.3 is 0 Å². The topological polar surface area (TPSA) is 68.3 Å². The number of pyridine rings is 1. The van der Waals surface area contributed by atoms with Gasteiger partial charge in [0.25, 0.3) is 0 Å². The Hall–Kier alpha value is -3.61. The van der Waals surface area contributed by atoms with Gasteiger partial charge in [0.1, 0.15) is 0 Å². The molecule has 0 bridgehead atoms. The van der Waals surface area contributed by atoms with Gasteiger partial charge in [0.2, 0.25) is 11.5 Å². The van der Waals surface area contributed by atoms with Crippen LogP contribution in [-0.4, -0.2) is 44.6 Å². The van der Waals surface area contributed by atoms with Crippen LogP contribution >= 0.6 is 0 Å². The van der Waals surface area contributed by atoms with Gasteiger partial charge < -0.3 is 28.4 Å². The fourth-order valence-corrected chi connectivity index (χ4v) is 13.5. The van der Waals surface area contributed by atoms with Crippen molar-refractivity contribution in [2.75, 3.05) is 39.6 Å². The van der Waals surface area contributed by atoms with E-state index in [0.717, 1.165) is 95.4 Å². The molecule has 0 aliphatic rings. The Labute approximate surface area is 596 Å². The molecular formula is C89H157NO6. The maximum atomic E-state index is 6.87. The minimum absolute atomic E-state index is 0.658. The molecule has 1 aromatic heterocycles. The largest absolute Gasteiger partial charge is 0.490 e. The molecule has 96 heavy (non-hydrogen) atoms. The molecule has 2 aromatic carbocycles. The molecule has 0 saturated carbocycles. The monoisotopic (exact) mass is 1340 g/mol. The van der Waals surface area contributed by atoms with E-state index in [1.54, 1.807) is 0 Å². The zero-order valence-electron chi connectivity index (χ0n) is 64.6. The first-order valence-electron chi connectivity index (χ1n) is 42.7. The molecule has 0 atom stereocenters. The molecule has 7 nitrogen and oxygen atoms in total. The molecule has 0 aliphatic heterocycles. The van der Waals surface area contributed by atoms with Crippen molar-refractivity contribution in [3.63, 3.8) is 0 Å². The van der Waals surface area contributed by atoms with Crippen molar-refractivity contribution in [2.24, 2.45) is 0 Å². The first kappa shape index (κ1) is 86.6. The molecule has 7 heteroatoms. The normalized spacial score (nSPS) is 11.5. The Morgan fingerprint density at radius 1 is 0.198 bits per heavy atom. The van der Waals surface area contributed by atoms with E-state index in [0.29, 0.717) is 39.6 Å². The zero-order valence-corrected chi connectivity index (χ0v) is 64.6. The molecule has 3 rings (SSSR count). The lowest BCUT2D eigenvalue weighted by Crippen LogP contribution is -2.07. The minimum Gasteiger partial charge on any atom is -0.490 e. The quantitative estimate of drug-likeness (QED) is 0.0522. The lowest BCUT2D eigenvalue weighted by Gasteiger charge is -2.20. The molecule has 0 N–H and O–H groups in total. The first-order valence-corrected chi connectivity index (χ1v) is 42.7. The van der Waals surface area contributed by atoms with Gasteiger partial charge in [-0.2, -0.15) is 0 Å². The highest BCUT2D eigenvalue weighted by atomic mass is 16.5. The van der Waals surface area contributed by atoms with Gasteiger partial charge in [-0.25, -0.2) is 0 Å². The average Bonchev–Trinajstić information content (AvgIpc) is 0.812. The van der Waals surface area contributed by atoms with Crippen LogP contribution in [0.1, 0.15) is 427 Å². The SMILES string of the molecule is CCCCCCCCCCCCOc1cc(-c2ccc(-c3cc(OCCCCCCCCCCCC)c(OCCCCCCCCCCCC)c(OCCCCCCCCCCCC)c3)nc2)cc(OCCCCCCCCCCCC)c1OCCCCCCCCCCCC. The molecule has 0 amide bonds. The summed E-state index contributed by atoms with van der Waals surface area (Å²) >= 11 is 0. The lowest BCUT2D eigenvalue weighted by atomic mass is 10.0. The molecule has 0 unspecified atom stereocenters. The van der Waals surface area contributed by atoms with Crippen molar-refractivity contribution >= 4 is 0 Å². The van der Waals surface area contributed by atoms with Gasteiger partial charge in [0.15, 0.2) is 23.0 Å². The summed E-state index contributed by atoms with van der Waals surface area (Å²) in [5.41, 5.74) is 3.94. The third-order valence-corrected chi connectivity index (χ3v) is 19.9. The number of aromatic nitrogens is 1. The van der Waals surface area contributed by atoms with E-state index in [9.17, 15) is 0 Å². The summed E-state index contributed by atoms with van der Waals surface area (Å²) in [4.78, 5) is 5.28. The van der Waals surface area contributed by atoms with Gasteiger partial charge in [0.05, 0.1) is 45.3 Å². The molecule has 0 radical (unpaired) electrons. The molecule has 1 heterocycles. The van der Waals surface area contributed by atoms with E-state index < -0.39 is 0 Å². The van der Waals surface area contributed by atoms with Crippen LogP contribution in [0.15, 0.2) is 42.6 Å². The maximum Gasteiger partial charge on any atom is 0.203 e. The van der Waals surface area contributed by atoms with Crippen LogP contribution in [0.3, 0.4) is 0 Å². The van der Waals surface area contributed by atoms with E-state index in [-0.39, 0.29) is 0 Å². The van der Waals surface area contributed by atoms with Gasteiger partial charge in [-0.3, -0.25) is 4.98 Å². The second-order valence-corrected chi connectivity index (χ2v) is 29.2. The number of hydrogen-bond acceptors (Lipinski definition) is 7. The van der Waals surface area contributed by atoms with Gasteiger partial charge in [-0.05, 0) is 74.4 Å². The predicted molar refractivity (Wildman–Crippen MR) is 419 cm³/mol. The lowest BCUT2D eigenvalue weighted by molar-refractivity contribution is 0.234. The van der Waals surface area contributed by atoms with Crippen LogP contribution in [0.5, 0.6) is 34.5 Å². The van der Waals surface area contributed by atoms with Crippen LogP contribution in [0.4, 0.5) is 0 Å². The van der Waals surface area contributed by atoms with E-state index in [1.807, 2.05) is 6.20 Å². The Morgan fingerprint density at radius 3 is 0.583 bits per heavy atom. The number of unbranched alkanes of at least 4 members (excludes halogenated alkanes) is 54. The summed E-state index contributed by atoms with van der Waals surface area (Å²) in [7, 11) is 0. The third kappa shape index (κ3) is 46.7. The highest BCUT2D eigenvalue weighted by Crippen LogP contribution is 2.45. The van der Waals surface area contributed by atoms with Crippen molar-refractivity contribution in [1.29, 1.82) is 0 Å². The number of hydrogen-bond donors (Lipinski definition) is 0. The van der Waals surface area contributed by atoms with E-state index in [4.69, 9.17) is 33.4 Å². The fourth-order valence-electron chi connectivity index (χ4n) is 13.5. The maximum absolute atomic E-state index is 6.87. The summed E-state index contributed by atoms with van der Waals surface area (Å²) in [6.45, 7) is 17.8. The Kier molecular flexibility index (Phi) is 59.5. The summed E-state index contributed by atoms with van der Waals surface area (Å²) in [5.74, 6) is 4.67. The molecule has 3 aromatic rings. The molecule has 0 saturated heterocycles. The van der Waals surface area contributed by atoms with Crippen LogP contribution in [0, 0.1) is 0 Å². The number of benzene rings is 2. The smallest absolute Gasteiger partial charge is 0.203 e. The Balaban J connectivity index is 1.97. The number of ether oxygens (including phenoxy) is 6. The molecule has 0 spiro atoms. The van der Waals surface area contributed by atoms with Gasteiger partial charge in [-0.15, -0.1) is 0 Å². The Morgan fingerprint density at radius 2 is 0.385 bits per heavy atom. The summed E-state index contributed by atoms with van der Waals surface area (Å²) in [5, 5.41) is 0. The van der Waals surface area contributed by atoms with E-state index in [1.165, 1.54) is 347 Å². The molecular weight excluding hydrogens is 1180 g/mol. The third-order valence-electron chi connectivity index (χ3n) is 19.9. The fraction of sp³-hybridized carbons (Fsp3) is 0.809. The summed E-state index contributed by atoms with van der Waals surface area (Å²) < 4.78 is 41.2. The van der Waals surface area contributed by atoms with Crippen molar-refractivity contribution in [1.82, 2.24) is 4.98 Å². The summed E-state index contributed by atoms with van der Waals surface area (Å²) in [6, 6.07) is 13.2. The Bertz CT molecular complexity index is 1880. The number of rotatable bonds is 74. The van der Waals surface area contributed by atoms with Crippen molar-refractivity contribution < 1.29 is 28.4 Å². The van der Waals surface area contributed by atoms with Crippen LogP contribution in [-0.2, 0) is 0 Å². The minimum atomic E-state index is 0.658. The van der Waals surface area contributed by atoms with Crippen LogP contribution < -0.4 is 28.4 Å². The second-order valence-electron chi connectivity index (χ2n) is 29.2. The second kappa shape index (κ2) is 66.0. The standard InChI is InChI=1S/C89H157NO6/c1-7-13-19-25-31-37-43-49-55-61-69-91-84-75-81(76-85(92-70-62-56-50-44-38-32-26-20-14-8-2)88(84)95-73-65-59-53-47-41-35-29-23-17-11-5)80-67-68-83(90-79-80)82-77-86(93-71-63-57-51-45-39-33-27-21-15-9-3)89(96-74-66-60-54-48-42-36-30-24-18-12-6)87(78-82)94-72-64-58-52-46-40-34-28-22-16-10-4/h67-68,75-79H,7-66,69-74H2,1-6H3. The van der Waals surface area contributed by atoms with E-state index >= 15 is 0 Å². The average molecular weight is 1340 g/mol. The summed E-state index contributed by atoms with van der Waals surface area (Å²) in [6.07, 6.45) is 79.7. The van der Waals surface area contributed by atoms with E-state index in [2.05, 4.69) is 77.9 Å². The highest BCUT2D eigenvalue weighted by Gasteiger charge is 2.21. The van der Waals surface area contributed by atoms with Crippen molar-refractivity contribution in [3.8, 4) is 56.9 Å². The first-order chi connectivity index (χ1) is 47.6. The van der Waals surface area contributed by atoms with Crippen LogP contribution in [0.2, 0.25) is 0 Å². The highest BCUT2D eigenvalue weighted by molar-refractivity contribution is 5.74.